The zero-order chi connectivity index (χ0) is 24.9. The molecular formula is C26H18Cl2N2O5. The third-order valence-electron chi connectivity index (χ3n) is 5.39. The van der Waals surface area contributed by atoms with Crippen LogP contribution in [0, 0.1) is 11.8 Å². The first kappa shape index (κ1) is 24.1. The Balaban J connectivity index is 1.29. The average Bonchev–Trinajstić information content (AvgIpc) is 3.16. The van der Waals surface area contributed by atoms with Gasteiger partial charge in [0.15, 0.2) is 0 Å². The standard InChI is InChI=1S/C26H18Cl2N2O5/c27-21-12-15(25(32)33)13-22(28)24(21)30-23(31)10-5-11-29-26(34)35-14-20-18-8-3-1-6-16(18)17-7-2-4-9-19(17)20/h1-4,6-9,12-13,20H,11,14H2,(H,29,34)(H,30,31)(H,32,33). The van der Waals surface area contributed by atoms with Gasteiger partial charge in [0.1, 0.15) is 6.61 Å². The highest BCUT2D eigenvalue weighted by atomic mass is 35.5. The number of benzene rings is 3. The van der Waals surface area contributed by atoms with E-state index < -0.39 is 18.0 Å². The fourth-order valence-electron chi connectivity index (χ4n) is 3.85. The van der Waals surface area contributed by atoms with Crippen LogP contribution in [0.25, 0.3) is 11.1 Å². The lowest BCUT2D eigenvalue weighted by molar-refractivity contribution is -0.111. The number of carboxylic acids is 1. The molecule has 0 atom stereocenters. The van der Waals surface area contributed by atoms with Gasteiger partial charge < -0.3 is 20.5 Å². The highest BCUT2D eigenvalue weighted by Crippen LogP contribution is 2.44. The fourth-order valence-corrected chi connectivity index (χ4v) is 4.43. The number of carbonyl (C=O) groups excluding carboxylic acids is 2. The van der Waals surface area contributed by atoms with Gasteiger partial charge in [-0.05, 0) is 40.3 Å². The molecule has 4 rings (SSSR count). The number of halogens is 2. The van der Waals surface area contributed by atoms with Crippen molar-refractivity contribution in [3.8, 4) is 23.0 Å². The summed E-state index contributed by atoms with van der Waals surface area (Å²) >= 11 is 12.0. The molecule has 35 heavy (non-hydrogen) atoms. The summed E-state index contributed by atoms with van der Waals surface area (Å²) in [5.41, 5.74) is 4.40. The predicted molar refractivity (Wildman–Crippen MR) is 133 cm³/mol. The quantitative estimate of drug-likeness (QED) is 0.412. The van der Waals surface area contributed by atoms with Crippen LogP contribution in [0.5, 0.6) is 0 Å². The van der Waals surface area contributed by atoms with E-state index in [1.54, 1.807) is 0 Å². The molecule has 0 saturated carbocycles. The molecule has 3 N–H and O–H groups in total. The zero-order valence-electron chi connectivity index (χ0n) is 18.1. The summed E-state index contributed by atoms with van der Waals surface area (Å²) in [5.74, 6) is 2.81. The molecule has 9 heteroatoms. The van der Waals surface area contributed by atoms with Gasteiger partial charge in [0.05, 0.1) is 27.8 Å². The van der Waals surface area contributed by atoms with Crippen LogP contribution in [0.4, 0.5) is 10.5 Å². The Bertz CT molecular complexity index is 1330. The molecule has 0 heterocycles. The van der Waals surface area contributed by atoms with Crippen molar-refractivity contribution in [2.45, 2.75) is 5.92 Å². The molecule has 7 nitrogen and oxygen atoms in total. The van der Waals surface area contributed by atoms with Crippen molar-refractivity contribution in [1.82, 2.24) is 5.32 Å². The van der Waals surface area contributed by atoms with Crippen molar-refractivity contribution in [2.24, 2.45) is 0 Å². The molecule has 0 unspecified atom stereocenters. The first-order valence-electron chi connectivity index (χ1n) is 10.5. The van der Waals surface area contributed by atoms with Crippen LogP contribution in [0.15, 0.2) is 60.7 Å². The number of carbonyl (C=O) groups is 3. The second-order valence-electron chi connectivity index (χ2n) is 7.56. The van der Waals surface area contributed by atoms with Crippen molar-refractivity contribution in [2.75, 3.05) is 18.5 Å². The minimum Gasteiger partial charge on any atom is -0.478 e. The van der Waals surface area contributed by atoms with Gasteiger partial charge in [-0.3, -0.25) is 4.79 Å². The van der Waals surface area contributed by atoms with E-state index >= 15 is 0 Å². The molecule has 0 aromatic heterocycles. The van der Waals surface area contributed by atoms with Crippen molar-refractivity contribution < 1.29 is 24.2 Å². The van der Waals surface area contributed by atoms with Gasteiger partial charge in [0.25, 0.3) is 5.91 Å². The summed E-state index contributed by atoms with van der Waals surface area (Å²) in [7, 11) is 0. The first-order chi connectivity index (χ1) is 16.8. The van der Waals surface area contributed by atoms with Crippen LogP contribution in [-0.4, -0.2) is 36.2 Å². The highest BCUT2D eigenvalue weighted by Gasteiger charge is 2.28. The number of rotatable bonds is 5. The molecule has 1 aliphatic carbocycles. The van der Waals surface area contributed by atoms with E-state index in [0.717, 1.165) is 34.4 Å². The molecule has 3 aromatic rings. The average molecular weight is 509 g/mol. The molecule has 0 radical (unpaired) electrons. The van der Waals surface area contributed by atoms with Crippen molar-refractivity contribution >= 4 is 46.9 Å². The maximum absolute atomic E-state index is 12.2. The number of ether oxygens (including phenoxy) is 1. The molecule has 1 aliphatic rings. The van der Waals surface area contributed by atoms with Gasteiger partial charge in [-0.25, -0.2) is 9.59 Å². The molecule has 0 aliphatic heterocycles. The molecule has 176 valence electrons. The lowest BCUT2D eigenvalue weighted by Gasteiger charge is -2.14. The zero-order valence-corrected chi connectivity index (χ0v) is 19.6. The number of alkyl carbamates (subject to hydrolysis) is 1. The third-order valence-corrected chi connectivity index (χ3v) is 5.99. The maximum atomic E-state index is 12.2. The number of hydrogen-bond donors (Lipinski definition) is 3. The first-order valence-corrected chi connectivity index (χ1v) is 11.2. The maximum Gasteiger partial charge on any atom is 0.407 e. The Hall–Kier alpha value is -3.99. The smallest absolute Gasteiger partial charge is 0.407 e. The van der Waals surface area contributed by atoms with Gasteiger partial charge in [-0.2, -0.15) is 0 Å². The van der Waals surface area contributed by atoms with E-state index in [1.165, 1.54) is 0 Å². The van der Waals surface area contributed by atoms with Gasteiger partial charge in [0.2, 0.25) is 0 Å². The number of aromatic carboxylic acids is 1. The summed E-state index contributed by atoms with van der Waals surface area (Å²) in [4.78, 5) is 35.2. The number of hydrogen-bond acceptors (Lipinski definition) is 4. The number of amides is 2. The highest BCUT2D eigenvalue weighted by molar-refractivity contribution is 6.40. The van der Waals surface area contributed by atoms with Crippen LogP contribution in [0.3, 0.4) is 0 Å². The van der Waals surface area contributed by atoms with Crippen LogP contribution < -0.4 is 10.6 Å². The Morgan fingerprint density at radius 1 is 0.943 bits per heavy atom. The van der Waals surface area contributed by atoms with Crippen LogP contribution in [-0.2, 0) is 9.53 Å². The summed E-state index contributed by atoms with van der Waals surface area (Å²) in [5, 5.41) is 13.8. The lowest BCUT2D eigenvalue weighted by Crippen LogP contribution is -2.26. The summed E-state index contributed by atoms with van der Waals surface area (Å²) < 4.78 is 5.40. The molecule has 0 bridgehead atoms. The molecule has 0 fully saturated rings. The fraction of sp³-hybridized carbons (Fsp3) is 0.115. The SMILES string of the molecule is O=C(C#CCNC(=O)OCC1c2ccccc2-c2ccccc21)Nc1c(Cl)cc(C(=O)O)cc1Cl. The van der Waals surface area contributed by atoms with E-state index in [9.17, 15) is 14.4 Å². The van der Waals surface area contributed by atoms with E-state index in [4.69, 9.17) is 33.0 Å². The molecule has 3 aromatic carbocycles. The molecular weight excluding hydrogens is 491 g/mol. The lowest BCUT2D eigenvalue weighted by atomic mass is 9.98. The number of anilines is 1. The van der Waals surface area contributed by atoms with Crippen molar-refractivity contribution in [3.05, 3.63) is 87.4 Å². The van der Waals surface area contributed by atoms with Gasteiger partial charge in [-0.15, -0.1) is 0 Å². The molecule has 0 spiro atoms. The van der Waals surface area contributed by atoms with Crippen LogP contribution in [0.2, 0.25) is 10.0 Å². The molecule has 0 saturated heterocycles. The van der Waals surface area contributed by atoms with Crippen LogP contribution in [0.1, 0.15) is 27.4 Å². The minimum absolute atomic E-state index is 0.0400. The Kier molecular flexibility index (Phi) is 7.25. The van der Waals surface area contributed by atoms with E-state index in [2.05, 4.69) is 34.6 Å². The summed E-state index contributed by atoms with van der Waals surface area (Å²) in [6, 6.07) is 18.4. The van der Waals surface area contributed by atoms with E-state index in [0.29, 0.717) is 0 Å². The van der Waals surface area contributed by atoms with Crippen molar-refractivity contribution in [1.29, 1.82) is 0 Å². The Morgan fingerprint density at radius 3 is 2.09 bits per heavy atom. The topological polar surface area (TPSA) is 105 Å². The van der Waals surface area contributed by atoms with E-state index in [1.807, 2.05) is 36.4 Å². The van der Waals surface area contributed by atoms with Crippen molar-refractivity contribution in [3.63, 3.8) is 0 Å². The number of carboxylic acid groups (broad SMARTS) is 1. The largest absolute Gasteiger partial charge is 0.478 e. The second kappa shape index (κ2) is 10.5. The normalized spacial score (nSPS) is 11.5. The Morgan fingerprint density at radius 2 is 1.51 bits per heavy atom. The summed E-state index contributed by atoms with van der Waals surface area (Å²) in [6.45, 7) is 0.0423. The van der Waals surface area contributed by atoms with Gasteiger partial charge >= 0.3 is 12.1 Å². The van der Waals surface area contributed by atoms with Gasteiger partial charge in [0, 0.05) is 5.92 Å². The minimum atomic E-state index is -1.20. The van der Waals surface area contributed by atoms with Gasteiger partial charge in [-0.1, -0.05) is 77.7 Å². The second-order valence-corrected chi connectivity index (χ2v) is 8.37. The van der Waals surface area contributed by atoms with Crippen LogP contribution >= 0.6 is 23.2 Å². The summed E-state index contributed by atoms with van der Waals surface area (Å²) in [6.07, 6.45) is -0.656. The molecule has 2 amide bonds. The predicted octanol–water partition coefficient (Wildman–Crippen LogP) is 5.17. The number of nitrogens with one attached hydrogen (secondary N) is 2. The monoisotopic (exact) mass is 508 g/mol. The Labute approximate surface area is 211 Å². The number of fused-ring (bicyclic) bond motifs is 3. The third kappa shape index (κ3) is 5.40. The van der Waals surface area contributed by atoms with E-state index in [-0.39, 0.29) is 40.4 Å².